The number of benzene rings is 1. The number of alkyl halides is 3. The summed E-state index contributed by atoms with van der Waals surface area (Å²) in [5.74, 6) is -0.932. The van der Waals surface area contributed by atoms with E-state index in [4.69, 9.17) is 9.84 Å². The molecule has 1 aliphatic rings. The van der Waals surface area contributed by atoms with Crippen LogP contribution in [0.2, 0.25) is 0 Å². The number of rotatable bonds is 4. The molecule has 108 valence electrons. The van der Waals surface area contributed by atoms with Crippen molar-refractivity contribution >= 4 is 11.9 Å². The number of aliphatic imine (C=N–C) groups is 1. The molecule has 1 aromatic carbocycles. The zero-order chi connectivity index (χ0) is 14.8. The average molecular weight is 287 g/mol. The Morgan fingerprint density at radius 1 is 1.45 bits per heavy atom. The van der Waals surface area contributed by atoms with Gasteiger partial charge in [0.25, 0.3) is 0 Å². The number of carboxylic acid groups (broad SMARTS) is 1. The fraction of sp³-hybridized carbons (Fsp3) is 0.385. The van der Waals surface area contributed by atoms with Gasteiger partial charge in [-0.15, -0.1) is 0 Å². The standard InChI is InChI=1S/C13H12F3NO3/c14-13(15,16)9-3-1-2-8(4-9)5-10-7-17-11(20-10)6-12(18)19/h1-4,10H,5-7H2,(H,18,19). The Labute approximate surface area is 112 Å². The smallest absolute Gasteiger partial charge is 0.416 e. The molecule has 0 bridgehead atoms. The Balaban J connectivity index is 1.97. The van der Waals surface area contributed by atoms with E-state index in [0.29, 0.717) is 5.56 Å². The van der Waals surface area contributed by atoms with Crippen LogP contribution < -0.4 is 0 Å². The molecule has 1 unspecified atom stereocenters. The highest BCUT2D eigenvalue weighted by molar-refractivity contribution is 5.94. The van der Waals surface area contributed by atoms with E-state index in [1.807, 2.05) is 0 Å². The predicted octanol–water partition coefficient (Wildman–Crippen LogP) is 2.52. The summed E-state index contributed by atoms with van der Waals surface area (Å²) in [5, 5.41) is 8.59. The molecule has 0 saturated heterocycles. The summed E-state index contributed by atoms with van der Waals surface area (Å²) in [4.78, 5) is 14.4. The van der Waals surface area contributed by atoms with Crippen LogP contribution in [0, 0.1) is 0 Å². The maximum atomic E-state index is 12.6. The van der Waals surface area contributed by atoms with Crippen LogP contribution in [0.25, 0.3) is 0 Å². The summed E-state index contributed by atoms with van der Waals surface area (Å²) in [6.07, 6.45) is -4.83. The molecule has 0 aliphatic carbocycles. The highest BCUT2D eigenvalue weighted by atomic mass is 19.4. The summed E-state index contributed by atoms with van der Waals surface area (Å²) < 4.78 is 43.0. The topological polar surface area (TPSA) is 58.9 Å². The number of ether oxygens (including phenoxy) is 1. The molecule has 4 nitrogen and oxygen atoms in total. The van der Waals surface area contributed by atoms with E-state index in [1.54, 1.807) is 6.07 Å². The number of carbonyl (C=O) groups is 1. The van der Waals surface area contributed by atoms with Crippen molar-refractivity contribution < 1.29 is 27.8 Å². The molecule has 0 spiro atoms. The number of nitrogens with zero attached hydrogens (tertiary/aromatic N) is 1. The van der Waals surface area contributed by atoms with Gasteiger partial charge in [-0.05, 0) is 11.6 Å². The Bertz CT molecular complexity index is 540. The molecule has 1 atom stereocenters. The number of aliphatic carboxylic acids is 1. The van der Waals surface area contributed by atoms with Crippen molar-refractivity contribution in [2.45, 2.75) is 25.1 Å². The van der Waals surface area contributed by atoms with Crippen LogP contribution in [-0.4, -0.2) is 29.6 Å². The molecule has 1 aliphatic heterocycles. The van der Waals surface area contributed by atoms with Gasteiger partial charge in [-0.3, -0.25) is 9.79 Å². The van der Waals surface area contributed by atoms with Crippen molar-refractivity contribution in [1.82, 2.24) is 0 Å². The number of hydrogen-bond acceptors (Lipinski definition) is 3. The third-order valence-electron chi connectivity index (χ3n) is 2.79. The summed E-state index contributed by atoms with van der Waals surface area (Å²) in [5.41, 5.74) is -0.226. The summed E-state index contributed by atoms with van der Waals surface area (Å²) in [6, 6.07) is 4.99. The van der Waals surface area contributed by atoms with Gasteiger partial charge < -0.3 is 9.84 Å². The van der Waals surface area contributed by atoms with E-state index >= 15 is 0 Å². The van der Waals surface area contributed by atoms with Crippen molar-refractivity contribution in [2.75, 3.05) is 6.54 Å². The number of carboxylic acids is 1. The summed E-state index contributed by atoms with van der Waals surface area (Å²) in [6.45, 7) is 0.263. The Morgan fingerprint density at radius 3 is 2.85 bits per heavy atom. The maximum absolute atomic E-state index is 12.6. The zero-order valence-electron chi connectivity index (χ0n) is 10.4. The van der Waals surface area contributed by atoms with Crippen LogP contribution in [0.4, 0.5) is 13.2 Å². The molecular formula is C13H12F3NO3. The Morgan fingerprint density at radius 2 is 2.20 bits per heavy atom. The van der Waals surface area contributed by atoms with Crippen LogP contribution in [0.1, 0.15) is 17.5 Å². The number of halogens is 3. The Kier molecular flexibility index (Phi) is 3.96. The molecule has 0 fully saturated rings. The van der Waals surface area contributed by atoms with Crippen LogP contribution in [0.15, 0.2) is 29.3 Å². The van der Waals surface area contributed by atoms with Crippen molar-refractivity contribution in [2.24, 2.45) is 4.99 Å². The minimum atomic E-state index is -4.38. The third kappa shape index (κ3) is 3.72. The summed E-state index contributed by atoms with van der Waals surface area (Å²) >= 11 is 0. The molecule has 1 heterocycles. The molecule has 0 aromatic heterocycles. The summed E-state index contributed by atoms with van der Waals surface area (Å²) in [7, 11) is 0. The van der Waals surface area contributed by atoms with E-state index in [1.165, 1.54) is 6.07 Å². The first-order valence-corrected chi connectivity index (χ1v) is 5.92. The monoisotopic (exact) mass is 287 g/mol. The van der Waals surface area contributed by atoms with E-state index in [0.717, 1.165) is 12.1 Å². The van der Waals surface area contributed by atoms with Crippen LogP contribution in [-0.2, 0) is 22.1 Å². The average Bonchev–Trinajstić information content (AvgIpc) is 2.75. The second-order valence-electron chi connectivity index (χ2n) is 4.45. The third-order valence-corrected chi connectivity index (χ3v) is 2.79. The molecule has 2 rings (SSSR count). The van der Waals surface area contributed by atoms with Crippen molar-refractivity contribution in [3.8, 4) is 0 Å². The van der Waals surface area contributed by atoms with Gasteiger partial charge in [0.15, 0.2) is 5.90 Å². The number of hydrogen-bond donors (Lipinski definition) is 1. The lowest BCUT2D eigenvalue weighted by molar-refractivity contribution is -0.138. The molecule has 0 saturated carbocycles. The van der Waals surface area contributed by atoms with Gasteiger partial charge in [0.1, 0.15) is 12.5 Å². The van der Waals surface area contributed by atoms with Crippen molar-refractivity contribution in [1.29, 1.82) is 0 Å². The minimum absolute atomic E-state index is 0.120. The lowest BCUT2D eigenvalue weighted by atomic mass is 10.0. The van der Waals surface area contributed by atoms with E-state index in [-0.39, 0.29) is 25.3 Å². The van der Waals surface area contributed by atoms with Gasteiger partial charge in [-0.25, -0.2) is 0 Å². The SMILES string of the molecule is O=C(O)CC1=NCC(Cc2cccc(C(F)(F)F)c2)O1. The minimum Gasteiger partial charge on any atom is -0.481 e. The van der Waals surface area contributed by atoms with E-state index in [2.05, 4.69) is 4.99 Å². The van der Waals surface area contributed by atoms with Gasteiger partial charge in [-0.1, -0.05) is 18.2 Å². The predicted molar refractivity (Wildman–Crippen MR) is 64.6 cm³/mol. The molecule has 1 N–H and O–H groups in total. The first-order valence-electron chi connectivity index (χ1n) is 5.92. The first kappa shape index (κ1) is 14.4. The van der Waals surface area contributed by atoms with Gasteiger partial charge >= 0.3 is 12.1 Å². The van der Waals surface area contributed by atoms with Crippen LogP contribution in [0.3, 0.4) is 0 Å². The molecule has 0 radical (unpaired) electrons. The molecule has 1 aromatic rings. The second kappa shape index (κ2) is 5.52. The Hall–Kier alpha value is -2.05. The van der Waals surface area contributed by atoms with Crippen LogP contribution >= 0.6 is 0 Å². The zero-order valence-corrected chi connectivity index (χ0v) is 10.4. The van der Waals surface area contributed by atoms with E-state index < -0.39 is 23.8 Å². The highest BCUT2D eigenvalue weighted by Crippen LogP contribution is 2.30. The lowest BCUT2D eigenvalue weighted by Crippen LogP contribution is -2.18. The fourth-order valence-corrected chi connectivity index (χ4v) is 1.94. The molecular weight excluding hydrogens is 275 g/mol. The molecule has 20 heavy (non-hydrogen) atoms. The quantitative estimate of drug-likeness (QED) is 0.925. The van der Waals surface area contributed by atoms with Gasteiger partial charge in [0.05, 0.1) is 12.1 Å². The lowest BCUT2D eigenvalue weighted by Gasteiger charge is -2.12. The van der Waals surface area contributed by atoms with Crippen molar-refractivity contribution in [3.05, 3.63) is 35.4 Å². The molecule has 7 heteroatoms. The maximum Gasteiger partial charge on any atom is 0.416 e. The van der Waals surface area contributed by atoms with Gasteiger partial charge in [0.2, 0.25) is 0 Å². The van der Waals surface area contributed by atoms with Gasteiger partial charge in [0, 0.05) is 6.42 Å². The largest absolute Gasteiger partial charge is 0.481 e. The van der Waals surface area contributed by atoms with Gasteiger partial charge in [-0.2, -0.15) is 13.2 Å². The van der Waals surface area contributed by atoms with E-state index in [9.17, 15) is 18.0 Å². The second-order valence-corrected chi connectivity index (χ2v) is 4.45. The van der Waals surface area contributed by atoms with Crippen LogP contribution in [0.5, 0.6) is 0 Å². The highest BCUT2D eigenvalue weighted by Gasteiger charge is 2.30. The normalized spacial score (nSPS) is 18.6. The van der Waals surface area contributed by atoms with Crippen molar-refractivity contribution in [3.63, 3.8) is 0 Å². The molecule has 0 amide bonds. The fourth-order valence-electron chi connectivity index (χ4n) is 1.94. The first-order chi connectivity index (χ1) is 9.34.